The van der Waals surface area contributed by atoms with Crippen molar-refractivity contribution in [2.75, 3.05) is 6.54 Å². The fraction of sp³-hybridized carbons (Fsp3) is 0.500. The maximum atomic E-state index is 13.7. The Hall–Kier alpha value is -3.39. The number of fused-ring (bicyclic) bond motifs is 3. The lowest BCUT2D eigenvalue weighted by molar-refractivity contribution is -0.140. The molecular formula is C30H37N5O3. The third-order valence-electron chi connectivity index (χ3n) is 9.43. The van der Waals surface area contributed by atoms with Crippen molar-refractivity contribution in [2.45, 2.75) is 82.7 Å². The van der Waals surface area contributed by atoms with Crippen LogP contribution in [0.1, 0.15) is 63.4 Å². The van der Waals surface area contributed by atoms with E-state index < -0.39 is 11.8 Å². The number of nitrogens with one attached hydrogen (secondary N) is 1. The summed E-state index contributed by atoms with van der Waals surface area (Å²) < 4.78 is 2.43. The van der Waals surface area contributed by atoms with Crippen LogP contribution >= 0.6 is 0 Å². The second kappa shape index (κ2) is 9.42. The van der Waals surface area contributed by atoms with Crippen LogP contribution in [0.2, 0.25) is 0 Å². The molecule has 38 heavy (non-hydrogen) atoms. The zero-order valence-electron chi connectivity index (χ0n) is 22.4. The fourth-order valence-electron chi connectivity index (χ4n) is 7.54. The Morgan fingerprint density at radius 3 is 2.32 bits per heavy atom. The Balaban J connectivity index is 1.32. The van der Waals surface area contributed by atoms with E-state index in [0.717, 1.165) is 49.0 Å². The number of para-hydroxylation sites is 2. The molecule has 3 aliphatic heterocycles. The summed E-state index contributed by atoms with van der Waals surface area (Å²) in [6.45, 7) is 6.33. The first-order valence-electron chi connectivity index (χ1n) is 13.9. The summed E-state index contributed by atoms with van der Waals surface area (Å²) in [5.41, 5.74) is 2.70. The minimum absolute atomic E-state index is 0.0568. The van der Waals surface area contributed by atoms with Crippen molar-refractivity contribution >= 4 is 23.0 Å². The molecule has 8 heteroatoms. The topological polar surface area (TPSA) is 90.7 Å². The number of amides is 2. The largest absolute Gasteiger partial charge is 0.465 e. The summed E-state index contributed by atoms with van der Waals surface area (Å²) in [5, 5.41) is 12.9. The van der Waals surface area contributed by atoms with Crippen molar-refractivity contribution in [3.05, 3.63) is 66.0 Å². The van der Waals surface area contributed by atoms with Gasteiger partial charge in [-0.3, -0.25) is 9.69 Å². The van der Waals surface area contributed by atoms with Gasteiger partial charge in [-0.15, -0.1) is 0 Å². The molecule has 2 aromatic carbocycles. The van der Waals surface area contributed by atoms with Crippen LogP contribution in [0.3, 0.4) is 0 Å². The monoisotopic (exact) mass is 515 g/mol. The molecule has 3 aliphatic rings. The van der Waals surface area contributed by atoms with E-state index in [-0.39, 0.29) is 24.4 Å². The number of aryl methyl sites for hydroxylation is 1. The summed E-state index contributed by atoms with van der Waals surface area (Å²) in [4.78, 5) is 34.0. The molecule has 6 atom stereocenters. The second-order valence-corrected chi connectivity index (χ2v) is 11.3. The molecule has 0 saturated carbocycles. The molecule has 2 bridgehead atoms. The van der Waals surface area contributed by atoms with Crippen LogP contribution in [-0.2, 0) is 10.5 Å². The molecule has 200 valence electrons. The molecule has 0 aliphatic carbocycles. The molecule has 0 spiro atoms. The van der Waals surface area contributed by atoms with Gasteiger partial charge < -0.3 is 19.9 Å². The zero-order chi connectivity index (χ0) is 26.6. The minimum Gasteiger partial charge on any atom is -0.465 e. The van der Waals surface area contributed by atoms with E-state index in [4.69, 9.17) is 4.98 Å². The minimum atomic E-state index is -0.964. The van der Waals surface area contributed by atoms with Gasteiger partial charge in [0.2, 0.25) is 5.91 Å². The second-order valence-electron chi connectivity index (χ2n) is 11.3. The fourth-order valence-corrected chi connectivity index (χ4v) is 7.54. The average Bonchev–Trinajstić information content (AvgIpc) is 3.38. The summed E-state index contributed by atoms with van der Waals surface area (Å²) in [6.07, 6.45) is 3.99. The maximum Gasteiger partial charge on any atom is 0.407 e. The van der Waals surface area contributed by atoms with Crippen LogP contribution in [0.25, 0.3) is 11.0 Å². The zero-order valence-corrected chi connectivity index (χ0v) is 22.4. The van der Waals surface area contributed by atoms with Crippen molar-refractivity contribution in [3.8, 4) is 0 Å². The third-order valence-corrected chi connectivity index (χ3v) is 9.43. The summed E-state index contributed by atoms with van der Waals surface area (Å²) >= 11 is 0. The van der Waals surface area contributed by atoms with Gasteiger partial charge in [-0.2, -0.15) is 0 Å². The SMILES string of the molecule is CC[C@@](NC(=O)C1CN(C(=O)O)C1C)(c1ccccc1)N1[C@@H]2CC[C@H]1CC(n1c(C)nc3ccccc31)C2. The van der Waals surface area contributed by atoms with Crippen molar-refractivity contribution in [1.82, 2.24) is 24.7 Å². The molecule has 8 nitrogen and oxygen atoms in total. The smallest absolute Gasteiger partial charge is 0.407 e. The van der Waals surface area contributed by atoms with Crippen molar-refractivity contribution in [2.24, 2.45) is 5.92 Å². The highest BCUT2D eigenvalue weighted by molar-refractivity contribution is 5.84. The van der Waals surface area contributed by atoms with E-state index in [0.29, 0.717) is 18.1 Å². The lowest BCUT2D eigenvalue weighted by Gasteiger charge is -2.53. The molecule has 1 aromatic heterocycles. The first-order valence-corrected chi connectivity index (χ1v) is 13.9. The Labute approximate surface area is 223 Å². The van der Waals surface area contributed by atoms with Gasteiger partial charge in [-0.1, -0.05) is 49.4 Å². The van der Waals surface area contributed by atoms with E-state index in [2.05, 4.69) is 59.0 Å². The van der Waals surface area contributed by atoms with Gasteiger partial charge in [0.1, 0.15) is 11.5 Å². The van der Waals surface area contributed by atoms with Gasteiger partial charge in [0.15, 0.2) is 0 Å². The number of benzene rings is 2. The molecule has 0 radical (unpaired) electrons. The number of likely N-dealkylation sites (tertiary alicyclic amines) is 1. The van der Waals surface area contributed by atoms with Crippen LogP contribution in [0.4, 0.5) is 4.79 Å². The van der Waals surface area contributed by atoms with Crippen LogP contribution in [0.5, 0.6) is 0 Å². The van der Waals surface area contributed by atoms with Crippen LogP contribution in [0.15, 0.2) is 54.6 Å². The van der Waals surface area contributed by atoms with Crippen molar-refractivity contribution in [1.29, 1.82) is 0 Å². The number of aromatic nitrogens is 2. The van der Waals surface area contributed by atoms with E-state index >= 15 is 0 Å². The molecule has 2 N–H and O–H groups in total. The standard InChI is InChI=1S/C30H37N5O3/c1-4-30(21-10-6-5-7-11-21,32-28(36)25-18-33(19(25)2)29(37)38)35-22-14-15-23(35)17-24(16-22)34-20(3)31-26-12-8-9-13-27(26)34/h5-13,19,22-25H,4,14-18H2,1-3H3,(H,32,36)(H,37,38)/t19?,22-,23+,24?,25?,30-/m0/s1. The molecule has 3 fully saturated rings. The number of rotatable bonds is 6. The summed E-state index contributed by atoms with van der Waals surface area (Å²) in [5.74, 6) is 0.665. The van der Waals surface area contributed by atoms with Gasteiger partial charge in [0.25, 0.3) is 0 Å². The lowest BCUT2D eigenvalue weighted by atomic mass is 9.84. The number of carboxylic acid groups (broad SMARTS) is 1. The summed E-state index contributed by atoms with van der Waals surface area (Å²) in [6, 6.07) is 19.4. The van der Waals surface area contributed by atoms with E-state index in [9.17, 15) is 14.7 Å². The number of imidazole rings is 1. The number of carbonyl (C=O) groups is 2. The highest BCUT2D eigenvalue weighted by Crippen LogP contribution is 2.49. The molecule has 4 heterocycles. The molecule has 3 unspecified atom stereocenters. The van der Waals surface area contributed by atoms with Gasteiger partial charge >= 0.3 is 6.09 Å². The highest BCUT2D eigenvalue weighted by Gasteiger charge is 2.54. The Morgan fingerprint density at radius 2 is 1.68 bits per heavy atom. The highest BCUT2D eigenvalue weighted by atomic mass is 16.4. The number of carbonyl (C=O) groups excluding carboxylic acids is 1. The summed E-state index contributed by atoms with van der Waals surface area (Å²) in [7, 11) is 0. The number of piperidine rings is 1. The van der Waals surface area contributed by atoms with E-state index in [1.807, 2.05) is 31.2 Å². The Bertz CT molecular complexity index is 1340. The normalized spacial score (nSPS) is 28.6. The molecule has 2 amide bonds. The van der Waals surface area contributed by atoms with Crippen molar-refractivity contribution < 1.29 is 14.7 Å². The Kier molecular flexibility index (Phi) is 6.17. The predicted octanol–water partition coefficient (Wildman–Crippen LogP) is 4.89. The quantitative estimate of drug-likeness (QED) is 0.488. The van der Waals surface area contributed by atoms with Crippen LogP contribution in [0, 0.1) is 12.8 Å². The lowest BCUT2D eigenvalue weighted by Crippen LogP contribution is -2.68. The third kappa shape index (κ3) is 3.80. The van der Waals surface area contributed by atoms with Gasteiger partial charge in [0, 0.05) is 30.7 Å². The van der Waals surface area contributed by atoms with E-state index in [1.165, 1.54) is 10.4 Å². The first kappa shape index (κ1) is 24.9. The Morgan fingerprint density at radius 1 is 1.03 bits per heavy atom. The maximum absolute atomic E-state index is 13.7. The van der Waals surface area contributed by atoms with Crippen molar-refractivity contribution in [3.63, 3.8) is 0 Å². The van der Waals surface area contributed by atoms with Gasteiger partial charge in [0.05, 0.1) is 17.0 Å². The predicted molar refractivity (Wildman–Crippen MR) is 146 cm³/mol. The number of hydrogen-bond donors (Lipinski definition) is 2. The molecular weight excluding hydrogens is 478 g/mol. The molecule has 3 aromatic rings. The first-order chi connectivity index (χ1) is 18.3. The van der Waals surface area contributed by atoms with Gasteiger partial charge in [-0.05, 0) is 63.6 Å². The molecule has 3 saturated heterocycles. The van der Waals surface area contributed by atoms with E-state index in [1.54, 1.807) is 0 Å². The molecule has 6 rings (SSSR count). The van der Waals surface area contributed by atoms with Crippen LogP contribution in [-0.4, -0.2) is 61.1 Å². The number of nitrogens with zero attached hydrogens (tertiary/aromatic N) is 4. The average molecular weight is 516 g/mol. The van der Waals surface area contributed by atoms with Crippen LogP contribution < -0.4 is 5.32 Å². The van der Waals surface area contributed by atoms with Gasteiger partial charge in [-0.25, -0.2) is 9.78 Å². The number of hydrogen-bond acceptors (Lipinski definition) is 4.